The van der Waals surface area contributed by atoms with Crippen LogP contribution in [-0.4, -0.2) is 24.6 Å². The molecule has 184 valence electrons. The number of benzene rings is 2. The summed E-state index contributed by atoms with van der Waals surface area (Å²) in [6.07, 6.45) is 3.03. The molecular formula is C30H31N3O3. The maximum atomic E-state index is 13.9. The molecule has 2 atom stereocenters. The van der Waals surface area contributed by atoms with Gasteiger partial charge in [-0.2, -0.15) is 5.26 Å². The monoisotopic (exact) mass is 481 g/mol. The standard InChI is InChI=1S/C30H31N3O3/c1-30(2,3)33-17-20(16-31)25-26(21-12-9-13-24(35-4)28(21)36-5)27-22(32-29(25)33)14-19(15-23(27)34)18-10-7-6-8-11-18/h6-13,17,19,26,32H,14-15H2,1-5H3/t19-,26-/m1/s1. The first-order valence-corrected chi connectivity index (χ1v) is 12.2. The third-order valence-electron chi connectivity index (χ3n) is 7.26. The second kappa shape index (κ2) is 8.91. The number of fused-ring (bicyclic) bond motifs is 1. The summed E-state index contributed by atoms with van der Waals surface area (Å²) >= 11 is 0. The van der Waals surface area contributed by atoms with Crippen molar-refractivity contribution in [3.05, 3.63) is 88.3 Å². The zero-order valence-corrected chi connectivity index (χ0v) is 21.4. The highest BCUT2D eigenvalue weighted by Crippen LogP contribution is 2.53. The largest absolute Gasteiger partial charge is 0.493 e. The predicted octanol–water partition coefficient (Wildman–Crippen LogP) is 6.09. The molecule has 2 aromatic carbocycles. The Morgan fingerprint density at radius 2 is 1.78 bits per heavy atom. The molecule has 3 aromatic rings. The molecule has 1 aliphatic heterocycles. The molecule has 1 aliphatic carbocycles. The molecular weight excluding hydrogens is 450 g/mol. The van der Waals surface area contributed by atoms with Crippen LogP contribution in [0, 0.1) is 11.3 Å². The van der Waals surface area contributed by atoms with Crippen LogP contribution < -0.4 is 14.8 Å². The molecule has 0 unspecified atom stereocenters. The van der Waals surface area contributed by atoms with Gasteiger partial charge in [-0.25, -0.2) is 0 Å². The number of hydrogen-bond acceptors (Lipinski definition) is 5. The van der Waals surface area contributed by atoms with Crippen LogP contribution in [0.3, 0.4) is 0 Å². The molecule has 2 heterocycles. The number of ether oxygens (including phenoxy) is 2. The average Bonchev–Trinajstić information content (AvgIpc) is 3.26. The minimum Gasteiger partial charge on any atom is -0.493 e. The van der Waals surface area contributed by atoms with Crippen molar-refractivity contribution in [2.45, 2.75) is 51.0 Å². The molecule has 6 heteroatoms. The summed E-state index contributed by atoms with van der Waals surface area (Å²) < 4.78 is 13.5. The van der Waals surface area contributed by atoms with Gasteiger partial charge in [0.05, 0.1) is 19.8 Å². The summed E-state index contributed by atoms with van der Waals surface area (Å²) in [6.45, 7) is 6.33. The fourth-order valence-electron chi connectivity index (χ4n) is 5.64. The Bertz CT molecular complexity index is 1400. The number of carbonyl (C=O) groups is 1. The topological polar surface area (TPSA) is 76.3 Å². The SMILES string of the molecule is COc1cccc([C@H]2C3=C(C[C@@H](c4ccccc4)CC3=O)Nc3c2c(C#N)cn3C(C)(C)C)c1OC. The van der Waals surface area contributed by atoms with Crippen LogP contribution in [0.2, 0.25) is 0 Å². The van der Waals surface area contributed by atoms with E-state index in [4.69, 9.17) is 9.47 Å². The number of nitrogens with zero attached hydrogens (tertiary/aromatic N) is 2. The van der Waals surface area contributed by atoms with E-state index in [9.17, 15) is 10.1 Å². The van der Waals surface area contributed by atoms with Gasteiger partial charge in [-0.3, -0.25) is 4.79 Å². The maximum absolute atomic E-state index is 13.9. The lowest BCUT2D eigenvalue weighted by atomic mass is 9.72. The van der Waals surface area contributed by atoms with Crippen LogP contribution in [0.4, 0.5) is 5.82 Å². The number of methoxy groups -OCH3 is 2. The second-order valence-electron chi connectivity index (χ2n) is 10.4. The summed E-state index contributed by atoms with van der Waals surface area (Å²) in [5.74, 6) is 1.77. The summed E-state index contributed by atoms with van der Waals surface area (Å²) in [5, 5.41) is 13.8. The Balaban J connectivity index is 1.77. The lowest BCUT2D eigenvalue weighted by Gasteiger charge is -2.37. The smallest absolute Gasteiger partial charge is 0.164 e. The molecule has 0 spiro atoms. The van der Waals surface area contributed by atoms with Crippen molar-refractivity contribution in [1.82, 2.24) is 4.57 Å². The van der Waals surface area contributed by atoms with Crippen LogP contribution >= 0.6 is 0 Å². The normalized spacial score (nSPS) is 19.2. The van der Waals surface area contributed by atoms with Crippen molar-refractivity contribution < 1.29 is 14.3 Å². The number of allylic oxidation sites excluding steroid dienone is 2. The highest BCUT2D eigenvalue weighted by atomic mass is 16.5. The first-order valence-electron chi connectivity index (χ1n) is 12.2. The molecule has 36 heavy (non-hydrogen) atoms. The number of rotatable bonds is 4. The van der Waals surface area contributed by atoms with E-state index in [0.29, 0.717) is 35.5 Å². The Hall–Kier alpha value is -3.98. The zero-order valence-electron chi connectivity index (χ0n) is 21.4. The van der Waals surface area contributed by atoms with E-state index >= 15 is 0 Å². The Morgan fingerprint density at radius 3 is 2.42 bits per heavy atom. The van der Waals surface area contributed by atoms with E-state index < -0.39 is 5.92 Å². The molecule has 1 aromatic heterocycles. The van der Waals surface area contributed by atoms with Gasteiger partial charge in [-0.05, 0) is 44.7 Å². The van der Waals surface area contributed by atoms with E-state index in [2.05, 4.69) is 48.9 Å². The lowest BCUT2D eigenvalue weighted by Crippen LogP contribution is -2.32. The van der Waals surface area contributed by atoms with Crippen LogP contribution in [-0.2, 0) is 10.3 Å². The molecule has 6 nitrogen and oxygen atoms in total. The van der Waals surface area contributed by atoms with Gasteiger partial charge in [0.15, 0.2) is 17.3 Å². The van der Waals surface area contributed by atoms with Gasteiger partial charge in [0.2, 0.25) is 0 Å². The van der Waals surface area contributed by atoms with Crippen molar-refractivity contribution in [3.63, 3.8) is 0 Å². The highest BCUT2D eigenvalue weighted by molar-refractivity contribution is 6.02. The third kappa shape index (κ3) is 3.76. The first-order chi connectivity index (χ1) is 17.3. The van der Waals surface area contributed by atoms with Crippen molar-refractivity contribution in [2.75, 3.05) is 19.5 Å². The van der Waals surface area contributed by atoms with Gasteiger partial charge in [0.1, 0.15) is 11.9 Å². The number of para-hydroxylation sites is 1. The molecule has 0 bridgehead atoms. The van der Waals surface area contributed by atoms with Gasteiger partial charge >= 0.3 is 0 Å². The molecule has 0 radical (unpaired) electrons. The van der Waals surface area contributed by atoms with Crippen LogP contribution in [0.15, 0.2) is 66.0 Å². The molecule has 0 saturated carbocycles. The Morgan fingerprint density at radius 1 is 1.03 bits per heavy atom. The van der Waals surface area contributed by atoms with Crippen molar-refractivity contribution in [3.8, 4) is 17.6 Å². The number of ketones is 1. The quantitative estimate of drug-likeness (QED) is 0.488. The van der Waals surface area contributed by atoms with Gasteiger partial charge in [-0.1, -0.05) is 42.5 Å². The summed E-state index contributed by atoms with van der Waals surface area (Å²) in [6, 6.07) is 18.3. The fourth-order valence-corrected chi connectivity index (χ4v) is 5.64. The average molecular weight is 482 g/mol. The second-order valence-corrected chi connectivity index (χ2v) is 10.4. The van der Waals surface area contributed by atoms with E-state index in [-0.39, 0.29) is 17.2 Å². The fraction of sp³-hybridized carbons (Fsp3) is 0.333. The molecule has 0 fully saturated rings. The van der Waals surface area contributed by atoms with E-state index in [1.807, 2.05) is 42.6 Å². The number of aromatic nitrogens is 1. The molecule has 2 aliphatic rings. The number of carbonyl (C=O) groups excluding carboxylic acids is 1. The molecule has 0 amide bonds. The van der Waals surface area contributed by atoms with Crippen LogP contribution in [0.1, 0.15) is 67.7 Å². The van der Waals surface area contributed by atoms with Gasteiger partial charge in [0.25, 0.3) is 0 Å². The number of Topliss-reactive ketones (excluding diaryl/α,β-unsaturated/α-hetero) is 1. The maximum Gasteiger partial charge on any atom is 0.164 e. The van der Waals surface area contributed by atoms with Gasteiger partial charge in [0, 0.05) is 46.5 Å². The number of nitriles is 1. The molecule has 1 N–H and O–H groups in total. The van der Waals surface area contributed by atoms with Crippen LogP contribution in [0.25, 0.3) is 0 Å². The minimum absolute atomic E-state index is 0.0884. The summed E-state index contributed by atoms with van der Waals surface area (Å²) in [4.78, 5) is 13.9. The minimum atomic E-state index is -0.441. The highest BCUT2D eigenvalue weighted by Gasteiger charge is 2.43. The molecule has 0 saturated heterocycles. The lowest BCUT2D eigenvalue weighted by molar-refractivity contribution is -0.116. The number of nitrogens with one attached hydrogen (secondary N) is 1. The third-order valence-corrected chi connectivity index (χ3v) is 7.26. The first kappa shape index (κ1) is 23.7. The summed E-state index contributed by atoms with van der Waals surface area (Å²) in [7, 11) is 3.21. The number of anilines is 1. The Labute approximate surface area is 212 Å². The van der Waals surface area contributed by atoms with Crippen molar-refractivity contribution in [1.29, 1.82) is 5.26 Å². The van der Waals surface area contributed by atoms with Crippen molar-refractivity contribution >= 4 is 11.6 Å². The van der Waals surface area contributed by atoms with Gasteiger partial charge < -0.3 is 19.4 Å². The Kier molecular flexibility index (Phi) is 5.88. The van der Waals surface area contributed by atoms with E-state index in [1.54, 1.807) is 14.2 Å². The van der Waals surface area contributed by atoms with Crippen molar-refractivity contribution in [2.24, 2.45) is 0 Å². The molecule has 5 rings (SSSR count). The van der Waals surface area contributed by atoms with E-state index in [1.165, 1.54) is 0 Å². The van der Waals surface area contributed by atoms with Crippen LogP contribution in [0.5, 0.6) is 11.5 Å². The van der Waals surface area contributed by atoms with Gasteiger partial charge in [-0.15, -0.1) is 0 Å². The summed E-state index contributed by atoms with van der Waals surface area (Å²) in [5.41, 5.74) is 4.69. The number of hydrogen-bond donors (Lipinski definition) is 1. The zero-order chi connectivity index (χ0) is 25.6. The predicted molar refractivity (Wildman–Crippen MR) is 140 cm³/mol. The van der Waals surface area contributed by atoms with E-state index in [0.717, 1.165) is 28.2 Å².